The summed E-state index contributed by atoms with van der Waals surface area (Å²) in [4.78, 5) is 18.5. The Morgan fingerprint density at radius 3 is 2.39 bits per heavy atom. The minimum absolute atomic E-state index is 0. The Kier molecular flexibility index (Phi) is 10.1. The molecule has 1 amide bonds. The molecule has 1 fully saturated rings. The van der Waals surface area contributed by atoms with Crippen LogP contribution in [-0.4, -0.2) is 50.0 Å². The second-order valence-electron chi connectivity index (χ2n) is 7.71. The number of likely N-dealkylation sites (tertiary alicyclic amines) is 1. The van der Waals surface area contributed by atoms with Gasteiger partial charge in [-0.2, -0.15) is 0 Å². The molecule has 1 aliphatic rings. The van der Waals surface area contributed by atoms with Crippen molar-refractivity contribution in [1.29, 1.82) is 0 Å². The molecule has 1 unspecified atom stereocenters. The van der Waals surface area contributed by atoms with Crippen LogP contribution in [0.2, 0.25) is 0 Å². The van der Waals surface area contributed by atoms with E-state index in [4.69, 9.17) is 0 Å². The van der Waals surface area contributed by atoms with E-state index in [9.17, 15) is 4.79 Å². The Labute approximate surface area is 159 Å². The smallest absolute Gasteiger partial charge is 0.225 e. The quantitative estimate of drug-likeness (QED) is 0.301. The first-order valence-electron chi connectivity index (χ1n) is 8.48. The van der Waals surface area contributed by atoms with Gasteiger partial charge in [0.1, 0.15) is 0 Å². The number of halogens is 1. The Hall–Kier alpha value is -0.530. The van der Waals surface area contributed by atoms with Crippen molar-refractivity contribution in [2.24, 2.45) is 22.2 Å². The predicted octanol–water partition coefficient (Wildman–Crippen LogP) is 2.71. The monoisotopic (exact) mass is 438 g/mol. The predicted molar refractivity (Wildman–Crippen MR) is 108 cm³/mol. The molecule has 1 atom stereocenters. The zero-order valence-electron chi connectivity index (χ0n) is 15.6. The van der Waals surface area contributed by atoms with Gasteiger partial charge in [0, 0.05) is 38.6 Å². The lowest BCUT2D eigenvalue weighted by Gasteiger charge is -2.23. The number of rotatable bonds is 5. The van der Waals surface area contributed by atoms with Crippen LogP contribution in [0.3, 0.4) is 0 Å². The zero-order chi connectivity index (χ0) is 16.8. The molecule has 0 aliphatic carbocycles. The first-order chi connectivity index (χ1) is 10.2. The minimum atomic E-state index is -0.333. The SMILES string of the molecule is CN=C(NCCNC(=O)C(C)(C)C)N1CCC(CC(C)C)C1.I. The van der Waals surface area contributed by atoms with E-state index in [0.717, 1.165) is 30.9 Å². The van der Waals surface area contributed by atoms with E-state index in [-0.39, 0.29) is 35.3 Å². The Morgan fingerprint density at radius 1 is 1.26 bits per heavy atom. The maximum atomic E-state index is 11.8. The summed E-state index contributed by atoms with van der Waals surface area (Å²) in [5, 5.41) is 6.31. The average molecular weight is 438 g/mol. The molecular formula is C17H35IN4O. The van der Waals surface area contributed by atoms with Crippen molar-refractivity contribution >= 4 is 35.8 Å². The van der Waals surface area contributed by atoms with Crippen LogP contribution >= 0.6 is 24.0 Å². The van der Waals surface area contributed by atoms with Gasteiger partial charge < -0.3 is 15.5 Å². The van der Waals surface area contributed by atoms with Crippen LogP contribution in [0.1, 0.15) is 47.5 Å². The van der Waals surface area contributed by atoms with Crippen molar-refractivity contribution in [2.45, 2.75) is 47.5 Å². The molecule has 0 aromatic heterocycles. The largest absolute Gasteiger partial charge is 0.354 e. The highest BCUT2D eigenvalue weighted by Crippen LogP contribution is 2.23. The first-order valence-corrected chi connectivity index (χ1v) is 8.48. The second-order valence-corrected chi connectivity index (χ2v) is 7.71. The Bertz CT molecular complexity index is 391. The fourth-order valence-corrected chi connectivity index (χ4v) is 2.83. The molecule has 0 aromatic rings. The molecule has 1 aliphatic heterocycles. The van der Waals surface area contributed by atoms with Gasteiger partial charge in [0.15, 0.2) is 5.96 Å². The molecule has 6 heteroatoms. The maximum absolute atomic E-state index is 11.8. The highest BCUT2D eigenvalue weighted by Gasteiger charge is 2.25. The van der Waals surface area contributed by atoms with E-state index in [1.54, 1.807) is 0 Å². The normalized spacial score (nSPS) is 18.8. The van der Waals surface area contributed by atoms with E-state index in [1.807, 2.05) is 27.8 Å². The minimum Gasteiger partial charge on any atom is -0.354 e. The van der Waals surface area contributed by atoms with Gasteiger partial charge in [0.25, 0.3) is 0 Å². The highest BCUT2D eigenvalue weighted by molar-refractivity contribution is 14.0. The summed E-state index contributed by atoms with van der Waals surface area (Å²) in [6.07, 6.45) is 2.54. The van der Waals surface area contributed by atoms with E-state index < -0.39 is 0 Å². The molecule has 1 saturated heterocycles. The summed E-state index contributed by atoms with van der Waals surface area (Å²) in [5.41, 5.74) is -0.333. The van der Waals surface area contributed by atoms with Gasteiger partial charge in [-0.25, -0.2) is 0 Å². The van der Waals surface area contributed by atoms with Crippen LogP contribution in [0.15, 0.2) is 4.99 Å². The molecule has 0 radical (unpaired) electrons. The van der Waals surface area contributed by atoms with E-state index in [1.165, 1.54) is 12.8 Å². The summed E-state index contributed by atoms with van der Waals surface area (Å²) in [5.74, 6) is 2.57. The van der Waals surface area contributed by atoms with E-state index >= 15 is 0 Å². The lowest BCUT2D eigenvalue weighted by atomic mass is 9.96. The van der Waals surface area contributed by atoms with Gasteiger partial charge >= 0.3 is 0 Å². The third-order valence-electron chi connectivity index (χ3n) is 3.98. The molecule has 1 rings (SSSR count). The number of hydrogen-bond donors (Lipinski definition) is 2. The molecular weight excluding hydrogens is 403 g/mol. The molecule has 0 bridgehead atoms. The lowest BCUT2D eigenvalue weighted by Crippen LogP contribution is -2.44. The third-order valence-corrected chi connectivity index (χ3v) is 3.98. The van der Waals surface area contributed by atoms with Gasteiger partial charge in [-0.3, -0.25) is 9.79 Å². The molecule has 5 nitrogen and oxygen atoms in total. The maximum Gasteiger partial charge on any atom is 0.225 e. The molecule has 23 heavy (non-hydrogen) atoms. The molecule has 136 valence electrons. The Morgan fingerprint density at radius 2 is 1.87 bits per heavy atom. The van der Waals surface area contributed by atoms with E-state index in [0.29, 0.717) is 13.1 Å². The van der Waals surface area contributed by atoms with Crippen molar-refractivity contribution in [3.63, 3.8) is 0 Å². The zero-order valence-corrected chi connectivity index (χ0v) is 17.9. The van der Waals surface area contributed by atoms with Gasteiger partial charge in [-0.1, -0.05) is 34.6 Å². The number of carbonyl (C=O) groups excluding carboxylic acids is 1. The highest BCUT2D eigenvalue weighted by atomic mass is 127. The topological polar surface area (TPSA) is 56.7 Å². The van der Waals surface area contributed by atoms with Crippen LogP contribution in [0, 0.1) is 17.3 Å². The number of guanidine groups is 1. The number of carbonyl (C=O) groups is 1. The van der Waals surface area contributed by atoms with Crippen LogP contribution in [0.25, 0.3) is 0 Å². The van der Waals surface area contributed by atoms with Crippen molar-refractivity contribution in [3.05, 3.63) is 0 Å². The van der Waals surface area contributed by atoms with Gasteiger partial charge in [-0.15, -0.1) is 24.0 Å². The number of nitrogens with one attached hydrogen (secondary N) is 2. The molecule has 0 aromatic carbocycles. The number of hydrogen-bond acceptors (Lipinski definition) is 2. The first kappa shape index (κ1) is 22.5. The van der Waals surface area contributed by atoms with Gasteiger partial charge in [-0.05, 0) is 24.7 Å². The number of aliphatic imine (C=N–C) groups is 1. The average Bonchev–Trinajstić information content (AvgIpc) is 2.84. The fraction of sp³-hybridized carbons (Fsp3) is 0.882. The number of amides is 1. The van der Waals surface area contributed by atoms with Crippen molar-refractivity contribution in [3.8, 4) is 0 Å². The van der Waals surface area contributed by atoms with Crippen molar-refractivity contribution < 1.29 is 4.79 Å². The van der Waals surface area contributed by atoms with Crippen LogP contribution in [0.5, 0.6) is 0 Å². The molecule has 0 saturated carbocycles. The van der Waals surface area contributed by atoms with Crippen LogP contribution in [0.4, 0.5) is 0 Å². The van der Waals surface area contributed by atoms with Crippen molar-refractivity contribution in [2.75, 3.05) is 33.2 Å². The molecule has 2 N–H and O–H groups in total. The third kappa shape index (κ3) is 8.22. The summed E-state index contributed by atoms with van der Waals surface area (Å²) in [7, 11) is 1.83. The van der Waals surface area contributed by atoms with Crippen LogP contribution < -0.4 is 10.6 Å². The molecule has 0 spiro atoms. The summed E-state index contributed by atoms with van der Waals surface area (Å²) in [6.45, 7) is 13.8. The summed E-state index contributed by atoms with van der Waals surface area (Å²) in [6, 6.07) is 0. The standard InChI is InChI=1S/C17H34N4O.HI/c1-13(2)11-14-7-10-21(12-14)16(18-6)20-9-8-19-15(22)17(3,4)5;/h13-14H,7-12H2,1-6H3,(H,18,20)(H,19,22);1H. The summed E-state index contributed by atoms with van der Waals surface area (Å²) < 4.78 is 0. The van der Waals surface area contributed by atoms with Crippen LogP contribution in [-0.2, 0) is 4.79 Å². The second kappa shape index (κ2) is 10.4. The number of nitrogens with zero attached hydrogens (tertiary/aromatic N) is 2. The van der Waals surface area contributed by atoms with E-state index in [2.05, 4.69) is 34.4 Å². The van der Waals surface area contributed by atoms with Gasteiger partial charge in [0.2, 0.25) is 5.91 Å². The fourth-order valence-electron chi connectivity index (χ4n) is 2.83. The van der Waals surface area contributed by atoms with Gasteiger partial charge in [0.05, 0.1) is 0 Å². The lowest BCUT2D eigenvalue weighted by molar-refractivity contribution is -0.128. The summed E-state index contributed by atoms with van der Waals surface area (Å²) >= 11 is 0. The molecule has 1 heterocycles. The van der Waals surface area contributed by atoms with Crippen molar-refractivity contribution in [1.82, 2.24) is 15.5 Å². The Balaban J connectivity index is 0.00000484.